The Hall–Kier alpha value is -1.10. The number of rotatable bonds is 5. The Balaban J connectivity index is 2.47. The molecule has 1 amide bonds. The molecule has 0 spiro atoms. The second kappa shape index (κ2) is 5.49. The first-order valence-corrected chi connectivity index (χ1v) is 6.09. The second-order valence-electron chi connectivity index (χ2n) is 5.44. The highest BCUT2D eigenvalue weighted by molar-refractivity contribution is 5.80. The number of hydrogen-bond acceptors (Lipinski definition) is 3. The topological polar surface area (TPSA) is 92.4 Å². The largest absolute Gasteiger partial charge is 0.481 e. The van der Waals surface area contributed by atoms with E-state index in [2.05, 4.69) is 5.32 Å². The molecule has 0 saturated heterocycles. The van der Waals surface area contributed by atoms with Crippen LogP contribution in [0.15, 0.2) is 0 Å². The zero-order chi connectivity index (χ0) is 13.1. The van der Waals surface area contributed by atoms with Crippen molar-refractivity contribution in [2.24, 2.45) is 23.0 Å². The van der Waals surface area contributed by atoms with Crippen LogP contribution in [0, 0.1) is 17.3 Å². The smallest absolute Gasteiger partial charge is 0.310 e. The predicted octanol–water partition coefficient (Wildman–Crippen LogP) is 0.588. The first kappa shape index (κ1) is 14.0. The highest BCUT2D eigenvalue weighted by Gasteiger charge is 2.34. The lowest BCUT2D eigenvalue weighted by molar-refractivity contribution is -0.146. The van der Waals surface area contributed by atoms with E-state index < -0.39 is 11.4 Å². The molecule has 1 rings (SSSR count). The van der Waals surface area contributed by atoms with Gasteiger partial charge in [0.05, 0.1) is 5.41 Å². The van der Waals surface area contributed by atoms with Crippen molar-refractivity contribution in [2.45, 2.75) is 33.1 Å². The molecule has 0 heterocycles. The van der Waals surface area contributed by atoms with E-state index >= 15 is 0 Å². The van der Waals surface area contributed by atoms with E-state index in [0.717, 1.165) is 19.3 Å². The molecule has 1 saturated carbocycles. The number of carbonyl (C=O) groups is 2. The van der Waals surface area contributed by atoms with Crippen LogP contribution in [0.5, 0.6) is 0 Å². The average molecular weight is 242 g/mol. The van der Waals surface area contributed by atoms with Gasteiger partial charge in [0.25, 0.3) is 0 Å². The number of amides is 1. The number of nitrogens with one attached hydrogen (secondary N) is 1. The van der Waals surface area contributed by atoms with E-state index in [4.69, 9.17) is 10.8 Å². The van der Waals surface area contributed by atoms with E-state index in [1.54, 1.807) is 13.8 Å². The summed E-state index contributed by atoms with van der Waals surface area (Å²) in [6, 6.07) is 0. The summed E-state index contributed by atoms with van der Waals surface area (Å²) < 4.78 is 0. The number of nitrogens with two attached hydrogens (primary N) is 1. The maximum Gasteiger partial charge on any atom is 0.310 e. The van der Waals surface area contributed by atoms with Crippen LogP contribution in [0.25, 0.3) is 0 Å². The molecule has 0 bridgehead atoms. The van der Waals surface area contributed by atoms with Crippen LogP contribution >= 0.6 is 0 Å². The third-order valence-electron chi connectivity index (χ3n) is 3.58. The third-order valence-corrected chi connectivity index (χ3v) is 3.58. The van der Waals surface area contributed by atoms with E-state index in [1.807, 2.05) is 0 Å². The fourth-order valence-corrected chi connectivity index (χ4v) is 2.18. The van der Waals surface area contributed by atoms with Crippen molar-refractivity contribution in [1.82, 2.24) is 5.32 Å². The Labute approximate surface area is 102 Å². The van der Waals surface area contributed by atoms with Crippen LogP contribution in [-0.2, 0) is 9.59 Å². The van der Waals surface area contributed by atoms with Gasteiger partial charge < -0.3 is 16.2 Å². The lowest BCUT2D eigenvalue weighted by Crippen LogP contribution is -2.42. The van der Waals surface area contributed by atoms with E-state index in [1.165, 1.54) is 0 Å². The molecule has 1 fully saturated rings. The van der Waals surface area contributed by atoms with Crippen molar-refractivity contribution in [3.63, 3.8) is 0 Å². The quantitative estimate of drug-likeness (QED) is 0.658. The van der Waals surface area contributed by atoms with Crippen molar-refractivity contribution < 1.29 is 14.7 Å². The minimum Gasteiger partial charge on any atom is -0.481 e. The predicted molar refractivity (Wildman–Crippen MR) is 64.3 cm³/mol. The van der Waals surface area contributed by atoms with Gasteiger partial charge in [-0.25, -0.2) is 0 Å². The summed E-state index contributed by atoms with van der Waals surface area (Å²) in [6.45, 7) is 3.89. The van der Waals surface area contributed by atoms with Gasteiger partial charge in [-0.2, -0.15) is 0 Å². The Morgan fingerprint density at radius 3 is 2.59 bits per heavy atom. The molecule has 0 aliphatic heterocycles. The summed E-state index contributed by atoms with van der Waals surface area (Å²) >= 11 is 0. The Bertz CT molecular complexity index is 302. The number of hydrogen-bond donors (Lipinski definition) is 3. The highest BCUT2D eigenvalue weighted by atomic mass is 16.4. The second-order valence-corrected chi connectivity index (χ2v) is 5.44. The first-order chi connectivity index (χ1) is 7.88. The van der Waals surface area contributed by atoms with E-state index in [-0.39, 0.29) is 24.3 Å². The van der Waals surface area contributed by atoms with Gasteiger partial charge in [-0.15, -0.1) is 0 Å². The normalized spacial score (nSPS) is 24.6. The molecule has 1 aliphatic rings. The zero-order valence-electron chi connectivity index (χ0n) is 10.5. The molecule has 2 unspecified atom stereocenters. The molecule has 0 radical (unpaired) electrons. The third kappa shape index (κ3) is 3.43. The molecule has 0 aromatic carbocycles. The Morgan fingerprint density at radius 2 is 2.06 bits per heavy atom. The van der Waals surface area contributed by atoms with Gasteiger partial charge in [0.1, 0.15) is 0 Å². The number of aliphatic carboxylic acids is 1. The van der Waals surface area contributed by atoms with Crippen LogP contribution in [-0.4, -0.2) is 30.1 Å². The van der Waals surface area contributed by atoms with Crippen molar-refractivity contribution in [3.8, 4) is 0 Å². The van der Waals surface area contributed by atoms with Gasteiger partial charge in [0, 0.05) is 12.5 Å². The summed E-state index contributed by atoms with van der Waals surface area (Å²) in [5, 5.41) is 11.7. The summed E-state index contributed by atoms with van der Waals surface area (Å²) in [5.74, 6) is -0.737. The summed E-state index contributed by atoms with van der Waals surface area (Å²) in [7, 11) is 0. The maximum atomic E-state index is 11.9. The van der Waals surface area contributed by atoms with Crippen LogP contribution in [0.4, 0.5) is 0 Å². The molecule has 0 aromatic rings. The minimum atomic E-state index is -0.924. The highest BCUT2D eigenvalue weighted by Crippen LogP contribution is 2.31. The molecule has 5 heteroatoms. The van der Waals surface area contributed by atoms with Crippen LogP contribution in [0.3, 0.4) is 0 Å². The molecule has 0 aromatic heterocycles. The van der Waals surface area contributed by atoms with Crippen molar-refractivity contribution >= 4 is 11.9 Å². The Morgan fingerprint density at radius 1 is 1.41 bits per heavy atom. The van der Waals surface area contributed by atoms with Gasteiger partial charge >= 0.3 is 5.97 Å². The van der Waals surface area contributed by atoms with E-state index in [9.17, 15) is 9.59 Å². The lowest BCUT2D eigenvalue weighted by Gasteiger charge is -2.22. The molecule has 5 nitrogen and oxygen atoms in total. The fraction of sp³-hybridized carbons (Fsp3) is 0.833. The average Bonchev–Trinajstić information content (AvgIpc) is 2.73. The van der Waals surface area contributed by atoms with Crippen LogP contribution in [0.1, 0.15) is 33.1 Å². The number of carboxylic acids is 1. The van der Waals surface area contributed by atoms with Crippen molar-refractivity contribution in [1.29, 1.82) is 0 Å². The van der Waals surface area contributed by atoms with Crippen molar-refractivity contribution in [2.75, 3.05) is 13.1 Å². The van der Waals surface area contributed by atoms with Crippen LogP contribution < -0.4 is 11.1 Å². The first-order valence-electron chi connectivity index (χ1n) is 6.09. The fourth-order valence-electron chi connectivity index (χ4n) is 2.18. The summed E-state index contributed by atoms with van der Waals surface area (Å²) in [4.78, 5) is 22.8. The molecule has 4 N–H and O–H groups in total. The number of carboxylic acid groups (broad SMARTS) is 1. The molecule has 17 heavy (non-hydrogen) atoms. The standard InChI is InChI=1S/C12H22N2O3/c1-12(2,11(16)17)7-14-10(15)9-5-3-4-8(9)6-13/h8-9H,3-7,13H2,1-2H3,(H,14,15)(H,16,17). The summed E-state index contributed by atoms with van der Waals surface area (Å²) in [6.07, 6.45) is 2.89. The molecule has 2 atom stereocenters. The molecular formula is C12H22N2O3. The van der Waals surface area contributed by atoms with Gasteiger partial charge in [0.15, 0.2) is 0 Å². The zero-order valence-corrected chi connectivity index (χ0v) is 10.5. The Kier molecular flexibility index (Phi) is 4.51. The van der Waals surface area contributed by atoms with Crippen molar-refractivity contribution in [3.05, 3.63) is 0 Å². The van der Waals surface area contributed by atoms with Gasteiger partial charge in [0.2, 0.25) is 5.91 Å². The molecular weight excluding hydrogens is 220 g/mol. The maximum absolute atomic E-state index is 11.9. The van der Waals surface area contributed by atoms with Gasteiger partial charge in [-0.05, 0) is 39.2 Å². The lowest BCUT2D eigenvalue weighted by atomic mass is 9.92. The van der Waals surface area contributed by atoms with Gasteiger partial charge in [-0.1, -0.05) is 6.42 Å². The van der Waals surface area contributed by atoms with Gasteiger partial charge in [-0.3, -0.25) is 9.59 Å². The molecule has 1 aliphatic carbocycles. The SMILES string of the molecule is CC(C)(CNC(=O)C1CCCC1CN)C(=O)O. The monoisotopic (exact) mass is 242 g/mol. The minimum absolute atomic E-state index is 0.0374. The summed E-state index contributed by atoms with van der Waals surface area (Å²) in [5.41, 5.74) is 4.69. The number of carbonyl (C=O) groups excluding carboxylic acids is 1. The van der Waals surface area contributed by atoms with E-state index in [0.29, 0.717) is 6.54 Å². The molecule has 98 valence electrons. The van der Waals surface area contributed by atoms with Crippen LogP contribution in [0.2, 0.25) is 0 Å².